The van der Waals surface area contributed by atoms with Gasteiger partial charge in [-0.2, -0.15) is 5.10 Å². The summed E-state index contributed by atoms with van der Waals surface area (Å²) in [6, 6.07) is 11.7. The Hall–Kier alpha value is -4.38. The van der Waals surface area contributed by atoms with Crippen LogP contribution in [0.3, 0.4) is 0 Å². The number of ether oxygens (including phenoxy) is 4. The Morgan fingerprint density at radius 2 is 1.79 bits per heavy atom. The third-order valence-electron chi connectivity index (χ3n) is 6.55. The van der Waals surface area contributed by atoms with Crippen molar-refractivity contribution in [1.82, 2.24) is 5.43 Å². The molecule has 0 saturated heterocycles. The van der Waals surface area contributed by atoms with Crippen LogP contribution in [0.15, 0.2) is 47.6 Å². The van der Waals surface area contributed by atoms with Crippen LogP contribution in [-0.4, -0.2) is 50.4 Å². The second-order valence-electron chi connectivity index (χ2n) is 9.45. The maximum absolute atomic E-state index is 13.0. The van der Waals surface area contributed by atoms with Gasteiger partial charge in [0.05, 0.1) is 32.1 Å². The van der Waals surface area contributed by atoms with Crippen molar-refractivity contribution in [1.29, 1.82) is 0 Å². The van der Waals surface area contributed by atoms with Crippen LogP contribution in [0.4, 0.5) is 5.00 Å². The first kappa shape index (κ1) is 30.6. The second kappa shape index (κ2) is 14.5. The van der Waals surface area contributed by atoms with E-state index in [9.17, 15) is 14.4 Å². The molecule has 10 nitrogen and oxygen atoms in total. The number of amides is 2. The van der Waals surface area contributed by atoms with Crippen molar-refractivity contribution in [2.45, 2.75) is 52.6 Å². The van der Waals surface area contributed by atoms with E-state index in [2.05, 4.69) is 15.8 Å². The molecule has 0 fully saturated rings. The number of carbonyl (C=O) groups excluding carboxylic acids is 3. The number of benzene rings is 2. The molecule has 0 saturated carbocycles. The predicted octanol–water partition coefficient (Wildman–Crippen LogP) is 5.38. The number of nitrogens with one attached hydrogen (secondary N) is 2. The van der Waals surface area contributed by atoms with Gasteiger partial charge in [0.15, 0.2) is 17.6 Å². The number of fused-ring (bicyclic) bond motifs is 1. The lowest BCUT2D eigenvalue weighted by molar-refractivity contribution is -0.127. The third-order valence-corrected chi connectivity index (χ3v) is 7.76. The van der Waals surface area contributed by atoms with Gasteiger partial charge in [0.25, 0.3) is 11.8 Å². The maximum Gasteiger partial charge on any atom is 0.341 e. The summed E-state index contributed by atoms with van der Waals surface area (Å²) in [4.78, 5) is 39.3. The van der Waals surface area contributed by atoms with Gasteiger partial charge in [-0.25, -0.2) is 10.2 Å². The molecule has 2 amide bonds. The molecule has 1 aromatic heterocycles. The van der Waals surface area contributed by atoms with Crippen LogP contribution in [0.25, 0.3) is 0 Å². The van der Waals surface area contributed by atoms with E-state index >= 15 is 0 Å². The molecule has 1 atom stereocenters. The molecular weight excluding hydrogens is 558 g/mol. The summed E-state index contributed by atoms with van der Waals surface area (Å²) in [5.41, 5.74) is 5.02. The van der Waals surface area contributed by atoms with Gasteiger partial charge in [-0.1, -0.05) is 0 Å². The van der Waals surface area contributed by atoms with Gasteiger partial charge in [-0.05, 0) is 100 Å². The Balaban J connectivity index is 1.34. The van der Waals surface area contributed by atoms with Gasteiger partial charge in [-0.15, -0.1) is 11.3 Å². The molecule has 0 aliphatic heterocycles. The van der Waals surface area contributed by atoms with E-state index < -0.39 is 18.0 Å². The van der Waals surface area contributed by atoms with Crippen LogP contribution in [0.1, 0.15) is 70.3 Å². The van der Waals surface area contributed by atoms with E-state index in [0.717, 1.165) is 41.7 Å². The van der Waals surface area contributed by atoms with Crippen LogP contribution in [0, 0.1) is 0 Å². The fourth-order valence-electron chi connectivity index (χ4n) is 4.49. The number of thiophene rings is 1. The van der Waals surface area contributed by atoms with Crippen molar-refractivity contribution in [2.24, 2.45) is 5.10 Å². The van der Waals surface area contributed by atoms with Crippen molar-refractivity contribution < 1.29 is 33.3 Å². The zero-order chi connectivity index (χ0) is 30.1. The Labute approximate surface area is 249 Å². The normalized spacial score (nSPS) is 13.1. The molecule has 0 radical (unpaired) electrons. The number of carbonyl (C=O) groups is 3. The van der Waals surface area contributed by atoms with Crippen LogP contribution < -0.4 is 25.0 Å². The lowest BCUT2D eigenvalue weighted by Crippen LogP contribution is -2.33. The van der Waals surface area contributed by atoms with Gasteiger partial charge in [-0.3, -0.25) is 9.59 Å². The monoisotopic (exact) mass is 593 g/mol. The summed E-state index contributed by atoms with van der Waals surface area (Å²) in [6.07, 6.45) is 4.41. The number of rotatable bonds is 12. The molecule has 2 aromatic carbocycles. The van der Waals surface area contributed by atoms with E-state index in [1.807, 2.05) is 6.92 Å². The zero-order valence-corrected chi connectivity index (χ0v) is 25.0. The first-order valence-electron chi connectivity index (χ1n) is 13.9. The second-order valence-corrected chi connectivity index (χ2v) is 10.6. The number of hydrogen-bond acceptors (Lipinski definition) is 9. The first-order valence-corrected chi connectivity index (χ1v) is 14.7. The smallest absolute Gasteiger partial charge is 0.341 e. The molecule has 0 spiro atoms. The van der Waals surface area contributed by atoms with Crippen LogP contribution in [-0.2, 0) is 22.4 Å². The Bertz CT molecular complexity index is 1450. The van der Waals surface area contributed by atoms with Gasteiger partial charge >= 0.3 is 5.97 Å². The first-order chi connectivity index (χ1) is 20.3. The van der Waals surface area contributed by atoms with Gasteiger partial charge in [0.1, 0.15) is 10.8 Å². The molecular formula is C31H35N3O7S. The van der Waals surface area contributed by atoms with Crippen molar-refractivity contribution >= 4 is 40.3 Å². The van der Waals surface area contributed by atoms with Crippen LogP contribution in [0.5, 0.6) is 17.2 Å². The molecule has 2 N–H and O–H groups in total. The number of hydrogen-bond donors (Lipinski definition) is 2. The van der Waals surface area contributed by atoms with Crippen molar-refractivity contribution in [2.75, 3.05) is 25.6 Å². The highest BCUT2D eigenvalue weighted by atomic mass is 32.1. The molecule has 11 heteroatoms. The summed E-state index contributed by atoms with van der Waals surface area (Å²) in [7, 11) is 1.55. The molecule has 3 aromatic rings. The summed E-state index contributed by atoms with van der Waals surface area (Å²) in [5, 5.41) is 7.41. The lowest BCUT2D eigenvalue weighted by Gasteiger charge is -2.13. The number of anilines is 1. The maximum atomic E-state index is 13.0. The van der Waals surface area contributed by atoms with Crippen molar-refractivity contribution in [3.63, 3.8) is 0 Å². The number of aryl methyl sites for hydroxylation is 1. The fourth-order valence-corrected chi connectivity index (χ4v) is 5.76. The summed E-state index contributed by atoms with van der Waals surface area (Å²) in [6.45, 7) is 6.03. The van der Waals surface area contributed by atoms with Crippen LogP contribution >= 0.6 is 11.3 Å². The average Bonchev–Trinajstić information content (AvgIpc) is 3.36. The molecule has 1 unspecified atom stereocenters. The minimum atomic E-state index is -0.846. The van der Waals surface area contributed by atoms with E-state index in [1.54, 1.807) is 63.4 Å². The van der Waals surface area contributed by atoms with Crippen LogP contribution in [0.2, 0.25) is 0 Å². The number of nitrogens with zero attached hydrogens (tertiary/aromatic N) is 1. The topological polar surface area (TPSA) is 125 Å². The highest BCUT2D eigenvalue weighted by molar-refractivity contribution is 7.17. The van der Waals surface area contributed by atoms with Gasteiger partial charge < -0.3 is 24.3 Å². The van der Waals surface area contributed by atoms with Crippen molar-refractivity contribution in [3.05, 3.63) is 69.6 Å². The van der Waals surface area contributed by atoms with Gasteiger partial charge in [0.2, 0.25) is 0 Å². The number of hydrazone groups is 1. The molecule has 1 aliphatic carbocycles. The quantitative estimate of drug-likeness (QED) is 0.164. The largest absolute Gasteiger partial charge is 0.493 e. The molecule has 1 aliphatic rings. The Morgan fingerprint density at radius 3 is 2.50 bits per heavy atom. The van der Waals surface area contributed by atoms with E-state index in [-0.39, 0.29) is 12.5 Å². The molecule has 4 rings (SSSR count). The summed E-state index contributed by atoms with van der Waals surface area (Å²) in [5.74, 6) is 0.393. The SMILES string of the molecule is CCOC(=O)c1c(NC(=O)c2ccc(OC(C)C(=O)NN=Cc3ccc(OCC)c(OC)c3)cc2)sc2c1CCCC2. The average molecular weight is 594 g/mol. The highest BCUT2D eigenvalue weighted by Crippen LogP contribution is 2.39. The molecule has 222 valence electrons. The standard InChI is InChI=1S/C31H35N3O7S/c1-5-39-24-16-11-20(17-25(24)38-4)18-32-34-28(35)19(3)41-22-14-12-21(13-15-22)29(36)33-30-27(31(37)40-6-2)23-9-7-8-10-26(23)42-30/h11-19H,5-10H2,1-4H3,(H,33,36)(H,34,35). The molecule has 42 heavy (non-hydrogen) atoms. The van der Waals surface area contributed by atoms with Crippen molar-refractivity contribution in [3.8, 4) is 17.2 Å². The minimum Gasteiger partial charge on any atom is -0.493 e. The summed E-state index contributed by atoms with van der Waals surface area (Å²) >= 11 is 1.44. The molecule has 0 bridgehead atoms. The number of methoxy groups -OCH3 is 1. The van der Waals surface area contributed by atoms with Gasteiger partial charge in [0, 0.05) is 10.4 Å². The predicted molar refractivity (Wildman–Crippen MR) is 161 cm³/mol. The van der Waals surface area contributed by atoms with E-state index in [1.165, 1.54) is 17.6 Å². The van der Waals surface area contributed by atoms with E-state index in [4.69, 9.17) is 18.9 Å². The number of esters is 1. The molecule has 1 heterocycles. The zero-order valence-electron chi connectivity index (χ0n) is 24.2. The Kier molecular flexibility index (Phi) is 10.6. The minimum absolute atomic E-state index is 0.263. The Morgan fingerprint density at radius 1 is 1.02 bits per heavy atom. The van der Waals surface area contributed by atoms with E-state index in [0.29, 0.717) is 40.0 Å². The highest BCUT2D eigenvalue weighted by Gasteiger charge is 2.27. The summed E-state index contributed by atoms with van der Waals surface area (Å²) < 4.78 is 21.8. The third kappa shape index (κ3) is 7.47. The fraction of sp³-hybridized carbons (Fsp3) is 0.355. The lowest BCUT2D eigenvalue weighted by atomic mass is 9.95.